The van der Waals surface area contributed by atoms with E-state index in [2.05, 4.69) is 52.7 Å². The summed E-state index contributed by atoms with van der Waals surface area (Å²) < 4.78 is 20.7. The standard InChI is InChI=1S/C21H51NO3Si3/c1-10-21-28(23-8,24-9)25-20-18-17-19-22(26(11-2,12-3)13-4)27(14-5,15-6)16-7/h10-21H2,1-9H3. The molecule has 0 aliphatic heterocycles. The van der Waals surface area contributed by atoms with Crippen molar-refractivity contribution in [1.29, 1.82) is 0 Å². The molecule has 0 rings (SSSR count). The molecule has 0 aromatic carbocycles. The molecule has 0 aromatic rings. The molecule has 0 atom stereocenters. The maximum Gasteiger partial charge on any atom is 0.500 e. The molecule has 0 spiro atoms. The molecule has 0 amide bonds. The second-order valence-electron chi connectivity index (χ2n) is 8.12. The van der Waals surface area contributed by atoms with Crippen molar-refractivity contribution in [2.45, 2.75) is 110 Å². The van der Waals surface area contributed by atoms with E-state index in [9.17, 15) is 0 Å². The molecular formula is C21H51NO3Si3. The Morgan fingerprint density at radius 1 is 0.643 bits per heavy atom. The highest BCUT2D eigenvalue weighted by atomic mass is 28.4. The van der Waals surface area contributed by atoms with Crippen LogP contribution in [0.5, 0.6) is 0 Å². The number of hydrogen-bond acceptors (Lipinski definition) is 4. The minimum Gasteiger partial charge on any atom is -0.377 e. The molecule has 7 heteroatoms. The van der Waals surface area contributed by atoms with E-state index in [0.29, 0.717) is 0 Å². The van der Waals surface area contributed by atoms with Crippen LogP contribution in [0.25, 0.3) is 0 Å². The number of nitrogens with zero attached hydrogens (tertiary/aromatic N) is 1. The average Bonchev–Trinajstić information content (AvgIpc) is 2.75. The molecule has 28 heavy (non-hydrogen) atoms. The van der Waals surface area contributed by atoms with E-state index in [0.717, 1.165) is 25.5 Å². The molecule has 0 radical (unpaired) electrons. The third kappa shape index (κ3) is 7.03. The largest absolute Gasteiger partial charge is 0.500 e. The van der Waals surface area contributed by atoms with Gasteiger partial charge in [0, 0.05) is 26.9 Å². The van der Waals surface area contributed by atoms with Gasteiger partial charge in [0.2, 0.25) is 0 Å². The Labute approximate surface area is 180 Å². The van der Waals surface area contributed by atoms with E-state index in [1.54, 1.807) is 14.2 Å². The Hall–Kier alpha value is 0.491. The first-order valence-electron chi connectivity index (χ1n) is 11.9. The Bertz CT molecular complexity index is 351. The van der Waals surface area contributed by atoms with Crippen molar-refractivity contribution in [2.24, 2.45) is 0 Å². The van der Waals surface area contributed by atoms with E-state index < -0.39 is 25.3 Å². The number of rotatable bonds is 18. The van der Waals surface area contributed by atoms with E-state index in [1.165, 1.54) is 49.2 Å². The molecule has 0 saturated heterocycles. The van der Waals surface area contributed by atoms with Crippen molar-refractivity contribution in [1.82, 2.24) is 4.23 Å². The van der Waals surface area contributed by atoms with E-state index in [-0.39, 0.29) is 0 Å². The van der Waals surface area contributed by atoms with Crippen LogP contribution in [0.15, 0.2) is 0 Å². The Kier molecular flexibility index (Phi) is 14.7. The minimum absolute atomic E-state index is 0.763. The predicted octanol–water partition coefficient (Wildman–Crippen LogP) is 6.74. The zero-order valence-corrected chi connectivity index (χ0v) is 23.7. The van der Waals surface area contributed by atoms with Gasteiger partial charge in [-0.2, -0.15) is 0 Å². The first-order chi connectivity index (χ1) is 13.4. The van der Waals surface area contributed by atoms with E-state index >= 15 is 0 Å². The summed E-state index contributed by atoms with van der Waals surface area (Å²) in [7, 11) is -1.67. The molecule has 0 aromatic heterocycles. The van der Waals surface area contributed by atoms with Gasteiger partial charge in [-0.25, -0.2) is 0 Å². The van der Waals surface area contributed by atoms with Crippen molar-refractivity contribution in [3.63, 3.8) is 0 Å². The molecule has 0 unspecified atom stereocenters. The minimum atomic E-state index is -2.43. The van der Waals surface area contributed by atoms with Gasteiger partial charge in [-0.05, 0) is 55.7 Å². The van der Waals surface area contributed by atoms with Gasteiger partial charge >= 0.3 is 8.80 Å². The third-order valence-electron chi connectivity index (χ3n) is 7.37. The molecule has 4 nitrogen and oxygen atoms in total. The zero-order valence-electron chi connectivity index (χ0n) is 20.7. The van der Waals surface area contributed by atoms with Crippen LogP contribution in [-0.4, -0.2) is 56.9 Å². The van der Waals surface area contributed by atoms with Crippen LogP contribution in [-0.2, 0) is 13.3 Å². The van der Waals surface area contributed by atoms with Crippen molar-refractivity contribution in [2.75, 3.05) is 27.4 Å². The fourth-order valence-corrected chi connectivity index (χ4v) is 20.5. The van der Waals surface area contributed by atoms with Gasteiger partial charge in [-0.1, -0.05) is 54.9 Å². The molecule has 170 valence electrons. The predicted molar refractivity (Wildman–Crippen MR) is 131 cm³/mol. The molecule has 0 heterocycles. The summed E-state index contributed by atoms with van der Waals surface area (Å²) in [5.74, 6) is 0. The lowest BCUT2D eigenvalue weighted by atomic mass is 10.3. The van der Waals surface area contributed by atoms with Crippen molar-refractivity contribution in [3.05, 3.63) is 0 Å². The lowest BCUT2D eigenvalue weighted by molar-refractivity contribution is 0.0961. The smallest absolute Gasteiger partial charge is 0.377 e. The van der Waals surface area contributed by atoms with Gasteiger partial charge in [0.05, 0.1) is 0 Å². The van der Waals surface area contributed by atoms with Crippen LogP contribution in [0.4, 0.5) is 0 Å². The normalized spacial score (nSPS) is 13.5. The molecule has 0 aliphatic carbocycles. The quantitative estimate of drug-likeness (QED) is 0.171. The highest BCUT2D eigenvalue weighted by Gasteiger charge is 2.45. The van der Waals surface area contributed by atoms with Crippen LogP contribution in [0, 0.1) is 0 Å². The van der Waals surface area contributed by atoms with Crippen molar-refractivity contribution in [3.8, 4) is 0 Å². The second kappa shape index (κ2) is 14.5. The molecule has 0 N–H and O–H groups in total. The van der Waals surface area contributed by atoms with E-state index in [1.807, 2.05) is 0 Å². The van der Waals surface area contributed by atoms with Gasteiger partial charge in [-0.15, -0.1) is 0 Å². The lowest BCUT2D eigenvalue weighted by Crippen LogP contribution is -2.66. The highest BCUT2D eigenvalue weighted by Crippen LogP contribution is 2.36. The number of unbranched alkanes of at least 4 members (excludes halogenated alkanes) is 1. The highest BCUT2D eigenvalue weighted by molar-refractivity contribution is 6.92. The monoisotopic (exact) mass is 449 g/mol. The second-order valence-corrected chi connectivity index (χ2v) is 21.8. The summed E-state index contributed by atoms with van der Waals surface area (Å²) in [6, 6.07) is 9.27. The van der Waals surface area contributed by atoms with Crippen LogP contribution in [0.2, 0.25) is 42.3 Å². The van der Waals surface area contributed by atoms with Gasteiger partial charge in [0.1, 0.15) is 16.5 Å². The van der Waals surface area contributed by atoms with Gasteiger partial charge < -0.3 is 17.5 Å². The van der Waals surface area contributed by atoms with Crippen molar-refractivity contribution >= 4 is 25.3 Å². The third-order valence-corrected chi connectivity index (χ3v) is 23.9. The summed E-state index contributed by atoms with van der Waals surface area (Å²) in [4.78, 5) is 0. The van der Waals surface area contributed by atoms with Crippen molar-refractivity contribution < 1.29 is 13.3 Å². The zero-order chi connectivity index (χ0) is 21.7. The summed E-state index contributed by atoms with van der Waals surface area (Å²) in [6.45, 7) is 18.9. The maximum atomic E-state index is 6.18. The Morgan fingerprint density at radius 3 is 1.39 bits per heavy atom. The summed E-state index contributed by atoms with van der Waals surface area (Å²) in [5.41, 5.74) is 0. The SMILES string of the molecule is CCC[Si](OC)(OC)OCCCCN([Si](CC)(CC)CC)[Si](CC)(CC)CC. The topological polar surface area (TPSA) is 30.9 Å². The molecule has 0 fully saturated rings. The molecule has 0 saturated carbocycles. The molecule has 0 bridgehead atoms. The van der Waals surface area contributed by atoms with Gasteiger partial charge in [0.15, 0.2) is 0 Å². The fourth-order valence-electron chi connectivity index (χ4n) is 5.01. The van der Waals surface area contributed by atoms with Crippen LogP contribution in [0.3, 0.4) is 0 Å². The average molecular weight is 450 g/mol. The fraction of sp³-hybridized carbons (Fsp3) is 1.00. The van der Waals surface area contributed by atoms with Crippen LogP contribution < -0.4 is 0 Å². The van der Waals surface area contributed by atoms with E-state index in [4.69, 9.17) is 13.3 Å². The van der Waals surface area contributed by atoms with Gasteiger partial charge in [-0.3, -0.25) is 0 Å². The van der Waals surface area contributed by atoms with Crippen LogP contribution in [0.1, 0.15) is 67.7 Å². The summed E-state index contributed by atoms with van der Waals surface area (Å²) >= 11 is 0. The Morgan fingerprint density at radius 2 is 1.07 bits per heavy atom. The van der Waals surface area contributed by atoms with Gasteiger partial charge in [0.25, 0.3) is 0 Å². The first-order valence-corrected chi connectivity index (χ1v) is 19.0. The molecular weight excluding hydrogens is 398 g/mol. The summed E-state index contributed by atoms with van der Waals surface area (Å²) in [5, 5.41) is 0. The number of hydrogen-bond donors (Lipinski definition) is 0. The molecule has 0 aliphatic rings. The first kappa shape index (κ1) is 28.5. The Balaban J connectivity index is 5.14. The van der Waals surface area contributed by atoms with Crippen LogP contribution >= 0.6 is 0 Å². The lowest BCUT2D eigenvalue weighted by Gasteiger charge is -2.52. The summed E-state index contributed by atoms with van der Waals surface area (Å²) in [6.07, 6.45) is 3.37. The maximum absolute atomic E-state index is 6.18.